The second-order valence-electron chi connectivity index (χ2n) is 5.04. The molecule has 1 heteroatoms. The molecule has 0 unspecified atom stereocenters. The molecule has 0 fully saturated rings. The van der Waals surface area contributed by atoms with Crippen molar-refractivity contribution in [1.82, 2.24) is 0 Å². The minimum absolute atomic E-state index is 0.0656. The second-order valence-corrected chi connectivity index (χ2v) is 5.04. The zero-order valence-corrected chi connectivity index (χ0v) is 10.4. The van der Waals surface area contributed by atoms with E-state index in [2.05, 4.69) is 59.2 Å². The van der Waals surface area contributed by atoms with E-state index in [4.69, 9.17) is 0 Å². The molecule has 0 aliphatic rings. The molecular weight excluding hydrogens is 170 g/mol. The maximum absolute atomic E-state index is 4.32. The zero-order chi connectivity index (χ0) is 11.4. The lowest BCUT2D eigenvalue weighted by molar-refractivity contribution is 0.501. The van der Waals surface area contributed by atoms with Crippen molar-refractivity contribution in [3.05, 3.63) is 23.9 Å². The summed E-state index contributed by atoms with van der Waals surface area (Å²) in [5, 5.41) is 0. The zero-order valence-electron chi connectivity index (χ0n) is 10.4. The van der Waals surface area contributed by atoms with Crippen LogP contribution < -0.4 is 0 Å². The van der Waals surface area contributed by atoms with Crippen molar-refractivity contribution in [2.24, 2.45) is 16.3 Å². The summed E-state index contributed by atoms with van der Waals surface area (Å²) in [6, 6.07) is 0. The van der Waals surface area contributed by atoms with Gasteiger partial charge in [0.05, 0.1) is 0 Å². The fraction of sp³-hybridized carbons (Fsp3) is 0.615. The molecule has 0 rings (SSSR count). The molecule has 0 saturated heterocycles. The standard InChI is InChI=1S/C13H23N/c1-10(2)11(3)8-9-14-12(4)13(5,6)7/h8-10H,4H2,1-3,5-7H3/b11-8+,14-9?. The highest BCUT2D eigenvalue weighted by Crippen LogP contribution is 2.23. The monoisotopic (exact) mass is 193 g/mol. The van der Waals surface area contributed by atoms with Gasteiger partial charge in [0, 0.05) is 17.3 Å². The van der Waals surface area contributed by atoms with E-state index in [9.17, 15) is 0 Å². The van der Waals surface area contributed by atoms with E-state index in [1.165, 1.54) is 5.57 Å². The van der Waals surface area contributed by atoms with Crippen molar-refractivity contribution < 1.29 is 0 Å². The van der Waals surface area contributed by atoms with Gasteiger partial charge >= 0.3 is 0 Å². The fourth-order valence-corrected chi connectivity index (χ4v) is 0.631. The summed E-state index contributed by atoms with van der Waals surface area (Å²) in [5.41, 5.74) is 2.33. The van der Waals surface area contributed by atoms with E-state index in [0.29, 0.717) is 5.92 Å². The van der Waals surface area contributed by atoms with Crippen LogP contribution in [0.25, 0.3) is 0 Å². The first-order chi connectivity index (χ1) is 6.25. The summed E-state index contributed by atoms with van der Waals surface area (Å²) in [5.74, 6) is 0.587. The van der Waals surface area contributed by atoms with E-state index >= 15 is 0 Å². The van der Waals surface area contributed by atoms with Gasteiger partial charge in [0.2, 0.25) is 0 Å². The Balaban J connectivity index is 4.35. The summed E-state index contributed by atoms with van der Waals surface area (Å²) >= 11 is 0. The molecule has 0 aromatic carbocycles. The molecule has 0 spiro atoms. The molecule has 14 heavy (non-hydrogen) atoms. The van der Waals surface area contributed by atoms with E-state index in [1.807, 2.05) is 6.21 Å². The Morgan fingerprint density at radius 2 is 1.79 bits per heavy atom. The van der Waals surface area contributed by atoms with Gasteiger partial charge in [-0.25, -0.2) is 0 Å². The Hall–Kier alpha value is -0.850. The molecule has 0 heterocycles. The Morgan fingerprint density at radius 3 is 2.14 bits per heavy atom. The van der Waals surface area contributed by atoms with E-state index < -0.39 is 0 Å². The van der Waals surface area contributed by atoms with Gasteiger partial charge in [0.15, 0.2) is 0 Å². The summed E-state index contributed by atoms with van der Waals surface area (Å²) in [6.45, 7) is 16.8. The normalized spacial score (nSPS) is 14.1. The van der Waals surface area contributed by atoms with Gasteiger partial charge in [0.1, 0.15) is 0 Å². The minimum atomic E-state index is 0.0656. The van der Waals surface area contributed by atoms with Crippen LogP contribution >= 0.6 is 0 Å². The number of hydrogen-bond acceptors (Lipinski definition) is 1. The predicted octanol–water partition coefficient (Wildman–Crippen LogP) is 4.22. The topological polar surface area (TPSA) is 12.4 Å². The highest BCUT2D eigenvalue weighted by molar-refractivity contribution is 5.73. The maximum atomic E-state index is 4.32. The van der Waals surface area contributed by atoms with Crippen LogP contribution in [0.15, 0.2) is 28.9 Å². The molecule has 0 saturated carbocycles. The SMILES string of the molecule is C=C(N=C/C=C(\C)C(C)C)C(C)(C)C. The Kier molecular flexibility index (Phi) is 4.82. The minimum Gasteiger partial charge on any atom is -0.261 e. The highest BCUT2D eigenvalue weighted by Gasteiger charge is 2.12. The van der Waals surface area contributed by atoms with Gasteiger partial charge < -0.3 is 0 Å². The largest absolute Gasteiger partial charge is 0.261 e. The molecule has 80 valence electrons. The quantitative estimate of drug-likeness (QED) is 0.595. The van der Waals surface area contributed by atoms with Crippen molar-refractivity contribution in [2.45, 2.75) is 41.5 Å². The lowest BCUT2D eigenvalue weighted by atomic mass is 9.93. The highest BCUT2D eigenvalue weighted by atomic mass is 14.7. The second kappa shape index (κ2) is 5.14. The lowest BCUT2D eigenvalue weighted by Gasteiger charge is -2.17. The number of hydrogen-bond donors (Lipinski definition) is 0. The van der Waals surface area contributed by atoms with Crippen molar-refractivity contribution in [3.8, 4) is 0 Å². The molecule has 0 aliphatic heterocycles. The van der Waals surface area contributed by atoms with Crippen molar-refractivity contribution in [2.75, 3.05) is 0 Å². The Bertz CT molecular complexity index is 249. The number of nitrogens with zero attached hydrogens (tertiary/aromatic N) is 1. The van der Waals surface area contributed by atoms with Gasteiger partial charge in [-0.3, -0.25) is 4.99 Å². The molecule has 0 amide bonds. The smallest absolute Gasteiger partial charge is 0.0385 e. The third-order valence-electron chi connectivity index (χ3n) is 2.34. The summed E-state index contributed by atoms with van der Waals surface area (Å²) in [6.07, 6.45) is 3.91. The molecule has 0 radical (unpaired) electrons. The van der Waals surface area contributed by atoms with Crippen molar-refractivity contribution >= 4 is 6.21 Å². The van der Waals surface area contributed by atoms with Crippen LogP contribution in [0.1, 0.15) is 41.5 Å². The first-order valence-corrected chi connectivity index (χ1v) is 5.15. The van der Waals surface area contributed by atoms with Crippen LogP contribution in [-0.4, -0.2) is 6.21 Å². The van der Waals surface area contributed by atoms with E-state index in [-0.39, 0.29) is 5.41 Å². The van der Waals surface area contributed by atoms with Crippen molar-refractivity contribution in [3.63, 3.8) is 0 Å². The molecule has 1 nitrogen and oxygen atoms in total. The van der Waals surface area contributed by atoms with E-state index in [0.717, 1.165) is 5.70 Å². The first kappa shape index (κ1) is 13.2. The summed E-state index contributed by atoms with van der Waals surface area (Å²) in [7, 11) is 0. The molecular formula is C13H23N. The van der Waals surface area contributed by atoms with E-state index in [1.54, 1.807) is 0 Å². The molecule has 0 N–H and O–H groups in total. The van der Waals surface area contributed by atoms with Crippen LogP contribution in [0.5, 0.6) is 0 Å². The number of allylic oxidation sites excluding steroid dienone is 3. The Labute approximate surface area is 88.6 Å². The first-order valence-electron chi connectivity index (χ1n) is 5.15. The third kappa shape index (κ3) is 5.00. The summed E-state index contributed by atoms with van der Waals surface area (Å²) < 4.78 is 0. The maximum Gasteiger partial charge on any atom is 0.0385 e. The van der Waals surface area contributed by atoms with Gasteiger partial charge in [-0.2, -0.15) is 0 Å². The molecule has 0 bridgehead atoms. The molecule has 0 aromatic rings. The molecule has 0 atom stereocenters. The predicted molar refractivity (Wildman–Crippen MR) is 65.7 cm³/mol. The van der Waals surface area contributed by atoms with Crippen LogP contribution in [0.2, 0.25) is 0 Å². The fourth-order valence-electron chi connectivity index (χ4n) is 0.631. The van der Waals surface area contributed by atoms with Gasteiger partial charge in [-0.05, 0) is 18.9 Å². The van der Waals surface area contributed by atoms with Crippen LogP contribution in [0, 0.1) is 11.3 Å². The van der Waals surface area contributed by atoms with Crippen LogP contribution in [-0.2, 0) is 0 Å². The lowest BCUT2D eigenvalue weighted by Crippen LogP contribution is -2.06. The van der Waals surface area contributed by atoms with Gasteiger partial charge in [0.25, 0.3) is 0 Å². The van der Waals surface area contributed by atoms with Crippen molar-refractivity contribution in [1.29, 1.82) is 0 Å². The third-order valence-corrected chi connectivity index (χ3v) is 2.34. The van der Waals surface area contributed by atoms with Crippen LogP contribution in [0.4, 0.5) is 0 Å². The Morgan fingerprint density at radius 1 is 1.29 bits per heavy atom. The summed E-state index contributed by atoms with van der Waals surface area (Å²) in [4.78, 5) is 4.32. The average Bonchev–Trinajstić information content (AvgIpc) is 2.01. The molecule has 0 aliphatic carbocycles. The number of aliphatic imine (C=N–C) groups is 1. The molecule has 0 aromatic heterocycles. The van der Waals surface area contributed by atoms with Crippen LogP contribution in [0.3, 0.4) is 0 Å². The van der Waals surface area contributed by atoms with Gasteiger partial charge in [-0.1, -0.05) is 46.8 Å². The average molecular weight is 193 g/mol. The van der Waals surface area contributed by atoms with Gasteiger partial charge in [-0.15, -0.1) is 0 Å². The number of rotatable bonds is 3.